The maximum atomic E-state index is 13.3. The largest absolute Gasteiger partial charge is 0.352 e. The summed E-state index contributed by atoms with van der Waals surface area (Å²) in [6, 6.07) is 1.36. The average Bonchev–Trinajstić information content (AvgIpc) is 2.75. The highest BCUT2D eigenvalue weighted by Gasteiger charge is 2.10. The van der Waals surface area contributed by atoms with Crippen molar-refractivity contribution in [3.63, 3.8) is 0 Å². The number of carbonyl (C=O) groups excluding carboxylic acids is 1. The minimum atomic E-state index is -0.611. The standard InChI is InChI=1S/C12H12FN3OS/c1-8-7-18-11(16-8)3-5-15-12(17)9-2-4-14-6-10(9)13/h2,4,6-7H,3,5H2,1H3,(H,15,17). The molecule has 2 aromatic heterocycles. The second-order valence-corrected chi connectivity index (χ2v) is 4.69. The fourth-order valence-electron chi connectivity index (χ4n) is 1.46. The number of amides is 1. The number of aryl methyl sites for hydroxylation is 1. The Bertz CT molecular complexity index is 556. The SMILES string of the molecule is Cc1csc(CCNC(=O)c2ccncc2F)n1. The second kappa shape index (κ2) is 5.68. The zero-order chi connectivity index (χ0) is 13.0. The first-order chi connectivity index (χ1) is 8.66. The predicted molar refractivity (Wildman–Crippen MR) is 67.1 cm³/mol. The number of hydrogen-bond donors (Lipinski definition) is 1. The van der Waals surface area contributed by atoms with Crippen molar-refractivity contribution in [1.82, 2.24) is 15.3 Å². The number of rotatable bonds is 4. The molecule has 18 heavy (non-hydrogen) atoms. The van der Waals surface area contributed by atoms with Crippen LogP contribution >= 0.6 is 11.3 Å². The van der Waals surface area contributed by atoms with Crippen molar-refractivity contribution >= 4 is 17.2 Å². The highest BCUT2D eigenvalue weighted by atomic mass is 32.1. The number of nitrogens with zero attached hydrogens (tertiary/aromatic N) is 2. The van der Waals surface area contributed by atoms with Crippen molar-refractivity contribution in [1.29, 1.82) is 0 Å². The van der Waals surface area contributed by atoms with Gasteiger partial charge >= 0.3 is 0 Å². The molecule has 0 aliphatic carbocycles. The monoisotopic (exact) mass is 265 g/mol. The number of aromatic nitrogens is 2. The first-order valence-electron chi connectivity index (χ1n) is 5.45. The molecule has 0 radical (unpaired) electrons. The van der Waals surface area contributed by atoms with Crippen molar-refractivity contribution in [2.75, 3.05) is 6.54 Å². The van der Waals surface area contributed by atoms with Gasteiger partial charge in [0.2, 0.25) is 0 Å². The Hall–Kier alpha value is -1.82. The zero-order valence-electron chi connectivity index (χ0n) is 9.81. The van der Waals surface area contributed by atoms with Crippen LogP contribution in [0.5, 0.6) is 0 Å². The van der Waals surface area contributed by atoms with Gasteiger partial charge in [-0.2, -0.15) is 0 Å². The smallest absolute Gasteiger partial charge is 0.254 e. The summed E-state index contributed by atoms with van der Waals surface area (Å²) in [5.74, 6) is -1.04. The van der Waals surface area contributed by atoms with Crippen LogP contribution in [0.3, 0.4) is 0 Å². The predicted octanol–water partition coefficient (Wildman–Crippen LogP) is 1.96. The highest BCUT2D eigenvalue weighted by Crippen LogP contribution is 2.09. The Balaban J connectivity index is 1.87. The van der Waals surface area contributed by atoms with Gasteiger partial charge in [0.25, 0.3) is 5.91 Å². The molecule has 0 aliphatic rings. The first-order valence-corrected chi connectivity index (χ1v) is 6.33. The quantitative estimate of drug-likeness (QED) is 0.919. The van der Waals surface area contributed by atoms with Gasteiger partial charge in [-0.1, -0.05) is 0 Å². The summed E-state index contributed by atoms with van der Waals surface area (Å²) < 4.78 is 13.3. The Labute approximate surface area is 108 Å². The van der Waals surface area contributed by atoms with E-state index in [0.717, 1.165) is 16.9 Å². The Morgan fingerprint density at radius 1 is 1.56 bits per heavy atom. The third kappa shape index (κ3) is 3.10. The van der Waals surface area contributed by atoms with Gasteiger partial charge in [0.1, 0.15) is 0 Å². The normalized spacial score (nSPS) is 10.3. The van der Waals surface area contributed by atoms with Crippen molar-refractivity contribution in [2.24, 2.45) is 0 Å². The highest BCUT2D eigenvalue weighted by molar-refractivity contribution is 7.09. The van der Waals surface area contributed by atoms with E-state index in [0.29, 0.717) is 13.0 Å². The third-order valence-electron chi connectivity index (χ3n) is 2.31. The van der Waals surface area contributed by atoms with Crippen LogP contribution in [0.2, 0.25) is 0 Å². The van der Waals surface area contributed by atoms with Gasteiger partial charge in [0.15, 0.2) is 5.82 Å². The summed E-state index contributed by atoms with van der Waals surface area (Å²) >= 11 is 1.55. The molecular weight excluding hydrogens is 253 g/mol. The van der Waals surface area contributed by atoms with Crippen LogP contribution in [0, 0.1) is 12.7 Å². The number of hydrogen-bond acceptors (Lipinski definition) is 4. The number of pyridine rings is 1. The Kier molecular flexibility index (Phi) is 3.99. The molecule has 0 bridgehead atoms. The molecule has 2 heterocycles. The third-order valence-corrected chi connectivity index (χ3v) is 3.33. The van der Waals surface area contributed by atoms with Crippen LogP contribution in [-0.4, -0.2) is 22.4 Å². The molecule has 2 rings (SSSR count). The fourth-order valence-corrected chi connectivity index (χ4v) is 2.23. The molecule has 0 aliphatic heterocycles. The average molecular weight is 265 g/mol. The lowest BCUT2D eigenvalue weighted by Crippen LogP contribution is -2.26. The summed E-state index contributed by atoms with van der Waals surface area (Å²) in [4.78, 5) is 19.5. The number of nitrogens with one attached hydrogen (secondary N) is 1. The molecule has 94 valence electrons. The topological polar surface area (TPSA) is 54.9 Å². The van der Waals surface area contributed by atoms with E-state index in [1.807, 2.05) is 12.3 Å². The van der Waals surface area contributed by atoms with Crippen molar-refractivity contribution < 1.29 is 9.18 Å². The van der Waals surface area contributed by atoms with E-state index in [4.69, 9.17) is 0 Å². The number of halogens is 1. The first kappa shape index (κ1) is 12.6. The van der Waals surface area contributed by atoms with E-state index in [2.05, 4.69) is 15.3 Å². The van der Waals surface area contributed by atoms with Crippen LogP contribution in [0.1, 0.15) is 21.1 Å². The summed E-state index contributed by atoms with van der Waals surface area (Å²) in [5.41, 5.74) is 0.988. The van der Waals surface area contributed by atoms with Crippen molar-refractivity contribution in [3.8, 4) is 0 Å². The minimum Gasteiger partial charge on any atom is -0.352 e. The maximum Gasteiger partial charge on any atom is 0.254 e. The molecule has 0 saturated carbocycles. The summed E-state index contributed by atoms with van der Waals surface area (Å²) in [6.07, 6.45) is 3.07. The molecule has 0 spiro atoms. The lowest BCUT2D eigenvalue weighted by atomic mass is 10.2. The molecule has 0 unspecified atom stereocenters. The number of carbonyl (C=O) groups is 1. The van der Waals surface area contributed by atoms with Crippen LogP contribution in [0.25, 0.3) is 0 Å². The molecule has 0 atom stereocenters. The molecule has 6 heteroatoms. The summed E-state index contributed by atoms with van der Waals surface area (Å²) in [6.45, 7) is 2.36. The molecule has 0 aromatic carbocycles. The van der Waals surface area contributed by atoms with Crippen molar-refractivity contribution in [2.45, 2.75) is 13.3 Å². The van der Waals surface area contributed by atoms with Crippen LogP contribution in [0.4, 0.5) is 4.39 Å². The Morgan fingerprint density at radius 2 is 2.39 bits per heavy atom. The van der Waals surface area contributed by atoms with Crippen LogP contribution in [-0.2, 0) is 6.42 Å². The molecule has 1 amide bonds. The van der Waals surface area contributed by atoms with E-state index < -0.39 is 11.7 Å². The van der Waals surface area contributed by atoms with E-state index in [-0.39, 0.29) is 5.56 Å². The lowest BCUT2D eigenvalue weighted by molar-refractivity contribution is 0.0950. The van der Waals surface area contributed by atoms with E-state index >= 15 is 0 Å². The van der Waals surface area contributed by atoms with Gasteiger partial charge in [-0.15, -0.1) is 11.3 Å². The van der Waals surface area contributed by atoms with Gasteiger partial charge in [-0.25, -0.2) is 9.37 Å². The fraction of sp³-hybridized carbons (Fsp3) is 0.250. The van der Waals surface area contributed by atoms with Gasteiger partial charge < -0.3 is 5.32 Å². The van der Waals surface area contributed by atoms with Gasteiger partial charge in [-0.3, -0.25) is 9.78 Å². The molecular formula is C12H12FN3OS. The van der Waals surface area contributed by atoms with Crippen molar-refractivity contribution in [3.05, 3.63) is 45.9 Å². The Morgan fingerprint density at radius 3 is 3.06 bits per heavy atom. The van der Waals surface area contributed by atoms with Gasteiger partial charge in [-0.05, 0) is 13.0 Å². The van der Waals surface area contributed by atoms with Gasteiger partial charge in [0, 0.05) is 30.2 Å². The summed E-state index contributed by atoms with van der Waals surface area (Å²) in [5, 5.41) is 5.58. The van der Waals surface area contributed by atoms with Crippen LogP contribution < -0.4 is 5.32 Å². The van der Waals surface area contributed by atoms with E-state index in [1.165, 1.54) is 12.3 Å². The molecule has 4 nitrogen and oxygen atoms in total. The van der Waals surface area contributed by atoms with Crippen LogP contribution in [0.15, 0.2) is 23.8 Å². The van der Waals surface area contributed by atoms with Gasteiger partial charge in [0.05, 0.1) is 16.8 Å². The second-order valence-electron chi connectivity index (χ2n) is 3.74. The van der Waals surface area contributed by atoms with E-state index in [9.17, 15) is 9.18 Å². The molecule has 0 fully saturated rings. The number of thiazole rings is 1. The minimum absolute atomic E-state index is 0.0142. The molecule has 0 saturated heterocycles. The summed E-state index contributed by atoms with van der Waals surface area (Å²) in [7, 11) is 0. The lowest BCUT2D eigenvalue weighted by Gasteiger charge is -2.04. The molecule has 1 N–H and O–H groups in total. The zero-order valence-corrected chi connectivity index (χ0v) is 10.6. The van der Waals surface area contributed by atoms with E-state index in [1.54, 1.807) is 11.3 Å². The molecule has 2 aromatic rings. The maximum absolute atomic E-state index is 13.3.